The van der Waals surface area contributed by atoms with E-state index in [4.69, 9.17) is 0 Å². The van der Waals surface area contributed by atoms with Crippen molar-refractivity contribution >= 4 is 55.8 Å². The summed E-state index contributed by atoms with van der Waals surface area (Å²) in [4.78, 5) is 24.8. The largest absolute Gasteiger partial charge is 0.325 e. The molecule has 0 unspecified atom stereocenters. The third-order valence-electron chi connectivity index (χ3n) is 4.52. The van der Waals surface area contributed by atoms with Crippen LogP contribution in [0.5, 0.6) is 0 Å². The summed E-state index contributed by atoms with van der Waals surface area (Å²) in [7, 11) is -0.690. The minimum Gasteiger partial charge on any atom is -0.325 e. The van der Waals surface area contributed by atoms with E-state index in [1.54, 1.807) is 0 Å². The SMILES string of the molecule is Cc1ccc(C)c(NC(=O)CSc2nnc(NC(=O)c3ccc(S(=O)(=O)N(C)C)cc3)s2)c1. The van der Waals surface area contributed by atoms with Gasteiger partial charge in [-0.05, 0) is 55.3 Å². The highest BCUT2D eigenvalue weighted by atomic mass is 32.2. The second kappa shape index (κ2) is 10.4. The second-order valence-electron chi connectivity index (χ2n) is 7.29. The number of benzene rings is 2. The first-order valence-electron chi connectivity index (χ1n) is 9.73. The van der Waals surface area contributed by atoms with Gasteiger partial charge >= 0.3 is 0 Å². The zero-order chi connectivity index (χ0) is 24.2. The number of hydrogen-bond acceptors (Lipinski definition) is 8. The van der Waals surface area contributed by atoms with Gasteiger partial charge < -0.3 is 5.32 Å². The predicted octanol–water partition coefficient (Wildman–Crippen LogP) is 3.39. The molecule has 0 fully saturated rings. The predicted molar refractivity (Wildman–Crippen MR) is 130 cm³/mol. The smallest absolute Gasteiger partial charge is 0.257 e. The topological polar surface area (TPSA) is 121 Å². The first kappa shape index (κ1) is 24.8. The average molecular weight is 506 g/mol. The summed E-state index contributed by atoms with van der Waals surface area (Å²) in [5.74, 6) is -0.455. The summed E-state index contributed by atoms with van der Waals surface area (Å²) in [6.45, 7) is 3.89. The van der Waals surface area contributed by atoms with Crippen LogP contribution >= 0.6 is 23.1 Å². The second-order valence-corrected chi connectivity index (χ2v) is 11.6. The van der Waals surface area contributed by atoms with Crippen molar-refractivity contribution < 1.29 is 18.0 Å². The molecule has 12 heteroatoms. The van der Waals surface area contributed by atoms with Crippen molar-refractivity contribution in [1.82, 2.24) is 14.5 Å². The minimum absolute atomic E-state index is 0.0952. The molecule has 2 amide bonds. The lowest BCUT2D eigenvalue weighted by Crippen LogP contribution is -2.22. The van der Waals surface area contributed by atoms with Crippen LogP contribution in [0, 0.1) is 13.8 Å². The average Bonchev–Trinajstić information content (AvgIpc) is 3.22. The maximum absolute atomic E-state index is 12.4. The molecular formula is C21H23N5O4S3. The number of rotatable bonds is 8. The zero-order valence-corrected chi connectivity index (χ0v) is 20.9. The minimum atomic E-state index is -3.57. The number of anilines is 2. The van der Waals surface area contributed by atoms with E-state index in [1.807, 2.05) is 32.0 Å². The number of thioether (sulfide) groups is 1. The van der Waals surface area contributed by atoms with E-state index in [0.717, 1.165) is 32.5 Å². The summed E-state index contributed by atoms with van der Waals surface area (Å²) in [5, 5.41) is 13.7. The molecule has 0 atom stereocenters. The Morgan fingerprint density at radius 2 is 1.73 bits per heavy atom. The first-order valence-corrected chi connectivity index (χ1v) is 13.0. The summed E-state index contributed by atoms with van der Waals surface area (Å²) in [6.07, 6.45) is 0. The number of nitrogens with one attached hydrogen (secondary N) is 2. The van der Waals surface area contributed by atoms with Crippen molar-refractivity contribution in [1.29, 1.82) is 0 Å². The normalized spacial score (nSPS) is 11.4. The van der Waals surface area contributed by atoms with Gasteiger partial charge in [-0.2, -0.15) is 0 Å². The highest BCUT2D eigenvalue weighted by Crippen LogP contribution is 2.26. The van der Waals surface area contributed by atoms with Crippen LogP contribution in [-0.2, 0) is 14.8 Å². The number of sulfonamides is 1. The summed E-state index contributed by atoms with van der Waals surface area (Å²) in [6, 6.07) is 11.5. The van der Waals surface area contributed by atoms with Gasteiger partial charge in [0.2, 0.25) is 21.1 Å². The Kier molecular flexibility index (Phi) is 7.84. The van der Waals surface area contributed by atoms with Crippen molar-refractivity contribution in [2.24, 2.45) is 0 Å². The van der Waals surface area contributed by atoms with Gasteiger partial charge in [-0.3, -0.25) is 14.9 Å². The molecule has 0 radical (unpaired) electrons. The number of amides is 2. The molecule has 1 heterocycles. The standard InChI is InChI=1S/C21H23N5O4S3/c1-13-5-6-14(2)17(11-13)22-18(27)12-31-21-25-24-20(32-21)23-19(28)15-7-9-16(10-8-15)33(29,30)26(3)4/h5-11H,12H2,1-4H3,(H,22,27)(H,23,24,28). The zero-order valence-electron chi connectivity index (χ0n) is 18.4. The fraction of sp³-hybridized carbons (Fsp3) is 0.238. The van der Waals surface area contributed by atoms with Crippen LogP contribution in [0.25, 0.3) is 0 Å². The van der Waals surface area contributed by atoms with E-state index in [-0.39, 0.29) is 27.3 Å². The Balaban J connectivity index is 1.55. The van der Waals surface area contributed by atoms with Crippen molar-refractivity contribution in [3.05, 3.63) is 59.2 Å². The molecule has 0 aliphatic carbocycles. The van der Waals surface area contributed by atoms with Crippen molar-refractivity contribution in [3.63, 3.8) is 0 Å². The lowest BCUT2D eigenvalue weighted by molar-refractivity contribution is -0.113. The number of aryl methyl sites for hydroxylation is 2. The number of aromatic nitrogens is 2. The summed E-state index contributed by atoms with van der Waals surface area (Å²) >= 11 is 2.37. The molecule has 1 aromatic heterocycles. The monoisotopic (exact) mass is 505 g/mol. The summed E-state index contributed by atoms with van der Waals surface area (Å²) < 4.78 is 25.9. The molecule has 9 nitrogen and oxygen atoms in total. The van der Waals surface area contributed by atoms with Gasteiger partial charge in [0.05, 0.1) is 10.6 Å². The number of carbonyl (C=O) groups excluding carboxylic acids is 2. The Morgan fingerprint density at radius 1 is 1.03 bits per heavy atom. The molecule has 2 N–H and O–H groups in total. The van der Waals surface area contributed by atoms with Gasteiger partial charge in [-0.1, -0.05) is 35.2 Å². The molecule has 174 valence electrons. The Morgan fingerprint density at radius 3 is 2.39 bits per heavy atom. The fourth-order valence-corrected chi connectivity index (χ4v) is 5.11. The third-order valence-corrected chi connectivity index (χ3v) is 8.32. The number of hydrogen-bond donors (Lipinski definition) is 2. The molecule has 2 aromatic carbocycles. The Bertz CT molecular complexity index is 1270. The molecule has 0 spiro atoms. The third kappa shape index (κ3) is 6.38. The van der Waals surface area contributed by atoms with Crippen LogP contribution in [0.2, 0.25) is 0 Å². The van der Waals surface area contributed by atoms with E-state index >= 15 is 0 Å². The number of nitrogens with zero attached hydrogens (tertiary/aromatic N) is 3. The molecular weight excluding hydrogens is 482 g/mol. The van der Waals surface area contributed by atoms with Crippen molar-refractivity contribution in [3.8, 4) is 0 Å². The quantitative estimate of drug-likeness (QED) is 0.355. The maximum Gasteiger partial charge on any atom is 0.257 e. The van der Waals surface area contributed by atoms with Gasteiger partial charge in [0.1, 0.15) is 0 Å². The molecule has 33 heavy (non-hydrogen) atoms. The van der Waals surface area contributed by atoms with Crippen LogP contribution in [0.1, 0.15) is 21.5 Å². The van der Waals surface area contributed by atoms with Crippen molar-refractivity contribution in [2.75, 3.05) is 30.5 Å². The van der Waals surface area contributed by atoms with Gasteiger partial charge in [-0.25, -0.2) is 12.7 Å². The highest BCUT2D eigenvalue weighted by Gasteiger charge is 2.18. The van der Waals surface area contributed by atoms with Gasteiger partial charge in [0.25, 0.3) is 5.91 Å². The molecule has 0 saturated carbocycles. The van der Waals surface area contributed by atoms with Gasteiger partial charge in [0, 0.05) is 25.3 Å². The Labute approximate surface area is 200 Å². The molecule has 3 aromatic rings. The molecule has 0 bridgehead atoms. The van der Waals surface area contributed by atoms with Crippen LogP contribution in [0.15, 0.2) is 51.7 Å². The molecule has 3 rings (SSSR count). The van der Waals surface area contributed by atoms with Crippen LogP contribution in [-0.4, -0.2) is 54.6 Å². The van der Waals surface area contributed by atoms with E-state index in [2.05, 4.69) is 20.8 Å². The van der Waals surface area contributed by atoms with Crippen LogP contribution < -0.4 is 10.6 Å². The summed E-state index contributed by atoms with van der Waals surface area (Å²) in [5.41, 5.74) is 3.09. The van der Waals surface area contributed by atoms with Crippen LogP contribution in [0.3, 0.4) is 0 Å². The van der Waals surface area contributed by atoms with E-state index in [0.29, 0.717) is 4.34 Å². The highest BCUT2D eigenvalue weighted by molar-refractivity contribution is 8.01. The van der Waals surface area contributed by atoms with Crippen molar-refractivity contribution in [2.45, 2.75) is 23.1 Å². The Hall–Kier alpha value is -2.80. The van der Waals surface area contributed by atoms with E-state index < -0.39 is 15.9 Å². The van der Waals surface area contributed by atoms with E-state index in [9.17, 15) is 18.0 Å². The molecule has 0 aliphatic heterocycles. The lowest BCUT2D eigenvalue weighted by Gasteiger charge is -2.11. The lowest BCUT2D eigenvalue weighted by atomic mass is 10.1. The maximum atomic E-state index is 12.4. The van der Waals surface area contributed by atoms with Gasteiger partial charge in [0.15, 0.2) is 4.34 Å². The van der Waals surface area contributed by atoms with E-state index in [1.165, 1.54) is 50.1 Å². The number of carbonyl (C=O) groups is 2. The van der Waals surface area contributed by atoms with Crippen LogP contribution in [0.4, 0.5) is 10.8 Å². The first-order chi connectivity index (χ1) is 15.6. The van der Waals surface area contributed by atoms with Gasteiger partial charge in [-0.15, -0.1) is 10.2 Å². The fourth-order valence-electron chi connectivity index (χ4n) is 2.66. The molecule has 0 saturated heterocycles. The molecule has 0 aliphatic rings.